The average Bonchev–Trinajstić information content (AvgIpc) is 4.10. The van der Waals surface area contributed by atoms with Crippen LogP contribution in [0.15, 0.2) is 119 Å². The van der Waals surface area contributed by atoms with Crippen molar-refractivity contribution in [2.24, 2.45) is 0 Å². The molecule has 0 spiro atoms. The highest BCUT2D eigenvalue weighted by Gasteiger charge is 2.36. The van der Waals surface area contributed by atoms with Crippen LogP contribution in [0.1, 0.15) is 28.7 Å². The molecule has 6 heterocycles. The minimum absolute atomic E-state index is 0.351. The Kier molecular flexibility index (Phi) is 11.4. The van der Waals surface area contributed by atoms with Crippen molar-refractivity contribution in [1.29, 1.82) is 0 Å². The van der Waals surface area contributed by atoms with Gasteiger partial charge in [0.1, 0.15) is 0 Å². The van der Waals surface area contributed by atoms with Crippen LogP contribution in [-0.2, 0) is 32.3 Å². The number of imide groups is 2. The molecule has 318 valence electrons. The second-order valence-corrected chi connectivity index (χ2v) is 18.1. The summed E-state index contributed by atoms with van der Waals surface area (Å²) in [5.74, 6) is -1.45. The van der Waals surface area contributed by atoms with Gasteiger partial charge in [-0.2, -0.15) is 0 Å². The van der Waals surface area contributed by atoms with Crippen LogP contribution in [0.25, 0.3) is 65.9 Å². The topological polar surface area (TPSA) is 140 Å². The molecular weight excluding hydrogens is 924 g/mol. The second kappa shape index (κ2) is 17.1. The van der Waals surface area contributed by atoms with Crippen LogP contribution in [-0.4, -0.2) is 93.8 Å². The lowest BCUT2D eigenvalue weighted by atomic mass is 9.95. The molecule has 10 rings (SSSR count). The number of amides is 4. The SMILES string of the molecule is CN(C)CCCn1cc(C2=C(c3c[nH]c4ccc(Br)cc34)C(=O)NC2=O)c2cc(Br)ccc21.CN(C)CCn1cc(C2=C(c3c[nH]c4ccccc34)C(=O)NC2=O)c2ccccc21. The first kappa shape index (κ1) is 42.0. The number of nitrogens with zero attached hydrogens (tertiary/aromatic N) is 4. The molecule has 0 saturated heterocycles. The molecule has 4 N–H and O–H groups in total. The Balaban J connectivity index is 0.000000161. The normalized spacial score (nSPS) is 14.4. The summed E-state index contributed by atoms with van der Waals surface area (Å²) < 4.78 is 6.16. The zero-order valence-electron chi connectivity index (χ0n) is 35.1. The average molecular weight is 969 g/mol. The fourth-order valence-electron chi connectivity index (χ4n) is 8.67. The van der Waals surface area contributed by atoms with Gasteiger partial charge in [0.15, 0.2) is 0 Å². The number of carbonyl (C=O) groups excluding carboxylic acids is 4. The van der Waals surface area contributed by atoms with E-state index < -0.39 is 0 Å². The predicted octanol–water partition coefficient (Wildman–Crippen LogP) is 8.42. The monoisotopic (exact) mass is 966 g/mol. The number of para-hydroxylation sites is 2. The number of hydrogen-bond donors (Lipinski definition) is 4. The molecule has 8 aromatic rings. The summed E-state index contributed by atoms with van der Waals surface area (Å²) in [6, 6.07) is 27.7. The number of fused-ring (bicyclic) bond motifs is 4. The molecule has 0 unspecified atom stereocenters. The molecule has 12 nitrogen and oxygen atoms in total. The van der Waals surface area contributed by atoms with Gasteiger partial charge in [-0.3, -0.25) is 29.8 Å². The number of likely N-dealkylation sites (N-methyl/N-ethyl adjacent to an activating group) is 1. The molecule has 63 heavy (non-hydrogen) atoms. The Morgan fingerprint density at radius 3 is 1.60 bits per heavy atom. The van der Waals surface area contributed by atoms with Crippen molar-refractivity contribution in [2.45, 2.75) is 19.5 Å². The highest BCUT2D eigenvalue weighted by Crippen LogP contribution is 2.41. The largest absolute Gasteiger partial charge is 0.361 e. The third kappa shape index (κ3) is 7.88. The molecule has 4 aromatic heterocycles. The standard InChI is InChI=1S/C25H22Br2N4O2.C24H22N4O2/c1-30(2)8-3-9-31-13-19(17-11-15(27)5-7-21(17)31)23-22(24(32)29-25(23)33)18-12-28-20-6-4-14(26)10-16(18)20;1-27(2)11-12-28-14-18(16-8-4-6-10-20(16)28)22-21(23(29)26-24(22)30)17-13-25-19-9-5-3-7-15(17)19/h4-7,10-13,28H,3,8-9H2,1-2H3,(H,29,32,33);3-10,13-14,25H,11-12H2,1-2H3,(H,26,29,30). The number of aryl methyl sites for hydroxylation is 1. The first-order valence-corrected chi connectivity index (χ1v) is 22.2. The maximum absolute atomic E-state index is 13.1. The molecule has 0 atom stereocenters. The number of hydrogen-bond acceptors (Lipinski definition) is 6. The number of carbonyl (C=O) groups is 4. The Bertz CT molecular complexity index is 3230. The van der Waals surface area contributed by atoms with Crippen LogP contribution in [0, 0.1) is 0 Å². The van der Waals surface area contributed by atoms with Crippen LogP contribution in [0.2, 0.25) is 0 Å². The Labute approximate surface area is 379 Å². The molecule has 2 aliphatic rings. The van der Waals surface area contributed by atoms with E-state index in [1.807, 2.05) is 105 Å². The van der Waals surface area contributed by atoms with Crippen molar-refractivity contribution in [3.05, 3.63) is 141 Å². The van der Waals surface area contributed by atoms with E-state index in [4.69, 9.17) is 0 Å². The molecular formula is C49H44Br2N8O4. The Morgan fingerprint density at radius 2 is 0.968 bits per heavy atom. The minimum atomic E-state index is -0.376. The van der Waals surface area contributed by atoms with Gasteiger partial charge in [-0.05, 0) is 89.7 Å². The number of benzene rings is 4. The fraction of sp³-hybridized carbons (Fsp3) is 0.184. The molecule has 4 amide bonds. The van der Waals surface area contributed by atoms with E-state index in [1.54, 1.807) is 6.20 Å². The summed E-state index contributed by atoms with van der Waals surface area (Å²) in [7, 11) is 8.18. The van der Waals surface area contributed by atoms with Crippen LogP contribution < -0.4 is 10.6 Å². The van der Waals surface area contributed by atoms with Crippen molar-refractivity contribution in [3.63, 3.8) is 0 Å². The maximum Gasteiger partial charge on any atom is 0.259 e. The summed E-state index contributed by atoms with van der Waals surface area (Å²) in [5.41, 5.74) is 8.60. The number of nitrogens with one attached hydrogen (secondary N) is 4. The molecule has 0 aliphatic carbocycles. The third-order valence-electron chi connectivity index (χ3n) is 11.6. The van der Waals surface area contributed by atoms with Crippen molar-refractivity contribution in [1.82, 2.24) is 39.5 Å². The first-order chi connectivity index (χ1) is 30.4. The first-order valence-electron chi connectivity index (χ1n) is 20.6. The molecule has 0 saturated carbocycles. The van der Waals surface area contributed by atoms with Gasteiger partial charge in [0.05, 0.1) is 22.3 Å². The Morgan fingerprint density at radius 1 is 0.492 bits per heavy atom. The van der Waals surface area contributed by atoms with Crippen LogP contribution in [0.4, 0.5) is 0 Å². The molecule has 0 radical (unpaired) electrons. The van der Waals surface area contributed by atoms with Crippen LogP contribution in [0.3, 0.4) is 0 Å². The molecule has 2 aliphatic heterocycles. The van der Waals surface area contributed by atoms with Crippen molar-refractivity contribution in [2.75, 3.05) is 41.3 Å². The smallest absolute Gasteiger partial charge is 0.259 e. The van der Waals surface area contributed by atoms with E-state index in [9.17, 15) is 19.2 Å². The van der Waals surface area contributed by atoms with E-state index in [-0.39, 0.29) is 23.6 Å². The lowest BCUT2D eigenvalue weighted by Gasteiger charge is -2.10. The predicted molar refractivity (Wildman–Crippen MR) is 258 cm³/mol. The van der Waals surface area contributed by atoms with E-state index in [0.29, 0.717) is 27.9 Å². The molecule has 0 bridgehead atoms. The minimum Gasteiger partial charge on any atom is -0.361 e. The summed E-state index contributed by atoms with van der Waals surface area (Å²) in [6.45, 7) is 3.44. The fourth-order valence-corrected chi connectivity index (χ4v) is 9.39. The number of aromatic amines is 2. The van der Waals surface area contributed by atoms with Gasteiger partial charge < -0.3 is 28.9 Å². The summed E-state index contributed by atoms with van der Waals surface area (Å²) in [5, 5.41) is 8.75. The quantitative estimate of drug-likeness (QED) is 0.0961. The number of aromatic nitrogens is 4. The summed E-state index contributed by atoms with van der Waals surface area (Å²) in [6.07, 6.45) is 8.58. The lowest BCUT2D eigenvalue weighted by Crippen LogP contribution is -2.22. The summed E-state index contributed by atoms with van der Waals surface area (Å²) in [4.78, 5) is 62.6. The van der Waals surface area contributed by atoms with Gasteiger partial charge in [0.25, 0.3) is 23.6 Å². The van der Waals surface area contributed by atoms with E-state index >= 15 is 0 Å². The van der Waals surface area contributed by atoms with Gasteiger partial charge in [-0.15, -0.1) is 0 Å². The van der Waals surface area contributed by atoms with Gasteiger partial charge in [-0.25, -0.2) is 0 Å². The van der Waals surface area contributed by atoms with E-state index in [1.165, 1.54) is 0 Å². The maximum atomic E-state index is 13.1. The molecule has 14 heteroatoms. The van der Waals surface area contributed by atoms with Gasteiger partial charge >= 0.3 is 0 Å². The number of H-pyrrole nitrogens is 2. The lowest BCUT2D eigenvalue weighted by molar-refractivity contribution is -0.124. The van der Waals surface area contributed by atoms with Crippen molar-refractivity contribution >= 4 is 121 Å². The van der Waals surface area contributed by atoms with E-state index in [2.05, 4.69) is 97.6 Å². The third-order valence-corrected chi connectivity index (χ3v) is 12.6. The highest BCUT2D eigenvalue weighted by molar-refractivity contribution is 9.10. The van der Waals surface area contributed by atoms with Crippen LogP contribution >= 0.6 is 31.9 Å². The highest BCUT2D eigenvalue weighted by atomic mass is 79.9. The van der Waals surface area contributed by atoms with Crippen LogP contribution in [0.5, 0.6) is 0 Å². The molecule has 4 aromatic carbocycles. The van der Waals surface area contributed by atoms with Crippen molar-refractivity contribution in [3.8, 4) is 0 Å². The van der Waals surface area contributed by atoms with Gasteiger partial charge in [0.2, 0.25) is 0 Å². The number of rotatable bonds is 11. The van der Waals surface area contributed by atoms with Crippen molar-refractivity contribution < 1.29 is 19.2 Å². The Hall–Kier alpha value is -6.32. The van der Waals surface area contributed by atoms with E-state index in [0.717, 1.165) is 102 Å². The second-order valence-electron chi connectivity index (χ2n) is 16.3. The van der Waals surface area contributed by atoms with Gasteiger partial charge in [0, 0.05) is 119 Å². The summed E-state index contributed by atoms with van der Waals surface area (Å²) >= 11 is 7.08. The number of halogens is 2. The molecule has 0 fully saturated rings. The zero-order chi connectivity index (χ0) is 44.1. The van der Waals surface area contributed by atoms with Gasteiger partial charge in [-0.1, -0.05) is 68.3 Å². The zero-order valence-corrected chi connectivity index (χ0v) is 38.3.